The van der Waals surface area contributed by atoms with Gasteiger partial charge in [0.05, 0.1) is 11.9 Å². The molecule has 0 fully saturated rings. The molecule has 0 aromatic heterocycles. The molecule has 0 atom stereocenters. The average molecular weight is 296 g/mol. The van der Waals surface area contributed by atoms with E-state index in [1.807, 2.05) is 30.3 Å². The molecule has 1 N–H and O–H groups in total. The molecule has 0 saturated carbocycles. The quantitative estimate of drug-likeness (QED) is 0.865. The van der Waals surface area contributed by atoms with Crippen molar-refractivity contribution in [1.82, 2.24) is 0 Å². The van der Waals surface area contributed by atoms with Crippen LogP contribution in [0.15, 0.2) is 71.0 Å². The maximum Gasteiger partial charge on any atom is 0.350 e. The van der Waals surface area contributed by atoms with Gasteiger partial charge in [-0.2, -0.15) is 0 Å². The summed E-state index contributed by atoms with van der Waals surface area (Å²) in [5, 5.41) is 9.26. The minimum absolute atomic E-state index is 0.0543. The summed E-state index contributed by atoms with van der Waals surface area (Å²) in [7, 11) is 0. The summed E-state index contributed by atoms with van der Waals surface area (Å²) in [4.78, 5) is 19.6. The van der Waals surface area contributed by atoms with Crippen LogP contribution in [-0.2, 0) is 16.0 Å². The highest BCUT2D eigenvalue weighted by Crippen LogP contribution is 2.19. The third kappa shape index (κ3) is 4.86. The van der Waals surface area contributed by atoms with Crippen LogP contribution in [0.2, 0.25) is 0 Å². The third-order valence-electron chi connectivity index (χ3n) is 2.83. The van der Waals surface area contributed by atoms with Crippen molar-refractivity contribution in [3.8, 4) is 0 Å². The fraction of sp³-hybridized carbons (Fsp3) is 0.118. The van der Waals surface area contributed by atoms with E-state index in [1.54, 1.807) is 24.4 Å². The monoisotopic (exact) mass is 296 g/mol. The summed E-state index contributed by atoms with van der Waals surface area (Å²) in [6, 6.07) is 7.40. The molecule has 0 radical (unpaired) electrons. The summed E-state index contributed by atoms with van der Waals surface area (Å²) in [5.41, 5.74) is 1.58. The molecule has 5 heteroatoms. The van der Waals surface area contributed by atoms with Gasteiger partial charge in [-0.3, -0.25) is 9.98 Å². The first-order valence-corrected chi connectivity index (χ1v) is 6.78. The number of para-hydroxylation sites is 1. The van der Waals surface area contributed by atoms with Gasteiger partial charge in [-0.25, -0.2) is 4.79 Å². The van der Waals surface area contributed by atoms with E-state index in [-0.39, 0.29) is 12.1 Å². The Kier molecular flexibility index (Phi) is 5.87. The molecule has 0 unspecified atom stereocenters. The Balaban J connectivity index is 2.36. The number of benzene rings is 1. The van der Waals surface area contributed by atoms with Crippen LogP contribution in [0.3, 0.4) is 0 Å². The summed E-state index contributed by atoms with van der Waals surface area (Å²) in [6.45, 7) is 0.432. The summed E-state index contributed by atoms with van der Waals surface area (Å²) < 4.78 is 5.21. The molecule has 1 aliphatic heterocycles. The SMILES string of the molecule is O=C(O)C1=N/C=C\C=C/OC/C=C\C=Nc2ccccc2C1. The predicted octanol–water partition coefficient (Wildman–Crippen LogP) is 3.07. The third-order valence-corrected chi connectivity index (χ3v) is 2.83. The lowest BCUT2D eigenvalue weighted by Crippen LogP contribution is -2.15. The number of hydrogen-bond acceptors (Lipinski definition) is 4. The van der Waals surface area contributed by atoms with Gasteiger partial charge in [0.25, 0.3) is 0 Å². The zero-order valence-corrected chi connectivity index (χ0v) is 11.9. The summed E-state index contributed by atoms with van der Waals surface area (Å²) >= 11 is 0. The fourth-order valence-corrected chi connectivity index (χ4v) is 1.78. The number of aliphatic imine (C=N–C) groups is 2. The highest BCUT2D eigenvalue weighted by atomic mass is 16.5. The van der Waals surface area contributed by atoms with Crippen LogP contribution in [0, 0.1) is 0 Å². The van der Waals surface area contributed by atoms with E-state index in [2.05, 4.69) is 9.98 Å². The zero-order chi connectivity index (χ0) is 15.6. The van der Waals surface area contributed by atoms with Crippen molar-refractivity contribution in [2.24, 2.45) is 9.98 Å². The zero-order valence-electron chi connectivity index (χ0n) is 11.9. The first-order valence-electron chi connectivity index (χ1n) is 6.78. The van der Waals surface area contributed by atoms with Gasteiger partial charge in [0, 0.05) is 18.8 Å². The van der Waals surface area contributed by atoms with Gasteiger partial charge in [-0.15, -0.1) is 0 Å². The van der Waals surface area contributed by atoms with Crippen molar-refractivity contribution >= 4 is 23.6 Å². The number of carbonyl (C=O) groups is 1. The normalized spacial score (nSPS) is 19.5. The predicted molar refractivity (Wildman–Crippen MR) is 86.7 cm³/mol. The van der Waals surface area contributed by atoms with E-state index in [0.29, 0.717) is 6.61 Å². The number of hydrogen-bond donors (Lipinski definition) is 1. The van der Waals surface area contributed by atoms with Crippen LogP contribution >= 0.6 is 0 Å². The van der Waals surface area contributed by atoms with Crippen molar-refractivity contribution in [1.29, 1.82) is 0 Å². The molecule has 2 rings (SSSR count). The van der Waals surface area contributed by atoms with E-state index in [1.165, 1.54) is 12.5 Å². The standard InChI is InChI=1S/C17H16N2O3/c20-17(21)16-13-14-7-1-2-8-15(14)18-9-3-5-11-22-12-6-4-10-19-16/h1-10,12H,11,13H2,(H,20,21)/b5-3-,10-4-,12-6-,18-9?,19-16?. The molecule has 22 heavy (non-hydrogen) atoms. The van der Waals surface area contributed by atoms with Gasteiger partial charge in [-0.05, 0) is 35.9 Å². The number of carboxylic acids is 1. The van der Waals surface area contributed by atoms with Gasteiger partial charge in [-0.1, -0.05) is 18.2 Å². The first-order chi connectivity index (χ1) is 10.8. The molecule has 112 valence electrons. The summed E-state index contributed by atoms with van der Waals surface area (Å²) in [5.74, 6) is -1.05. The highest BCUT2D eigenvalue weighted by Gasteiger charge is 2.11. The average Bonchev–Trinajstić information content (AvgIpc) is 2.52. The Labute approximate surface area is 128 Å². The van der Waals surface area contributed by atoms with Crippen LogP contribution in [0.25, 0.3) is 0 Å². The van der Waals surface area contributed by atoms with E-state index in [9.17, 15) is 9.90 Å². The Morgan fingerprint density at radius 2 is 2.05 bits per heavy atom. The number of carboxylic acid groups (broad SMARTS) is 1. The molecule has 1 aromatic carbocycles. The molecule has 5 nitrogen and oxygen atoms in total. The van der Waals surface area contributed by atoms with E-state index < -0.39 is 5.97 Å². The van der Waals surface area contributed by atoms with Crippen LogP contribution in [0.1, 0.15) is 5.56 Å². The fourth-order valence-electron chi connectivity index (χ4n) is 1.78. The number of aliphatic carboxylic acids is 1. The van der Waals surface area contributed by atoms with Gasteiger partial charge in [0.15, 0.2) is 0 Å². The van der Waals surface area contributed by atoms with Crippen LogP contribution in [-0.4, -0.2) is 29.6 Å². The molecule has 0 aliphatic carbocycles. The maximum atomic E-state index is 11.3. The number of rotatable bonds is 1. The molecule has 0 spiro atoms. The van der Waals surface area contributed by atoms with Gasteiger partial charge in [0.1, 0.15) is 12.3 Å². The molecule has 1 aromatic rings. The number of ether oxygens (including phenoxy) is 1. The Morgan fingerprint density at radius 3 is 2.91 bits per heavy atom. The molecule has 0 bridgehead atoms. The molecule has 1 heterocycles. The second-order valence-electron chi connectivity index (χ2n) is 4.40. The van der Waals surface area contributed by atoms with Crippen molar-refractivity contribution < 1.29 is 14.6 Å². The van der Waals surface area contributed by atoms with E-state index in [4.69, 9.17) is 4.74 Å². The topological polar surface area (TPSA) is 71.2 Å². The minimum atomic E-state index is -1.05. The number of fused-ring (bicyclic) bond motifs is 1. The van der Waals surface area contributed by atoms with Crippen LogP contribution < -0.4 is 0 Å². The second-order valence-corrected chi connectivity index (χ2v) is 4.40. The Morgan fingerprint density at radius 1 is 1.18 bits per heavy atom. The maximum absolute atomic E-state index is 11.3. The molecular weight excluding hydrogens is 280 g/mol. The van der Waals surface area contributed by atoms with Gasteiger partial charge >= 0.3 is 5.97 Å². The Bertz CT molecular complexity index is 670. The highest BCUT2D eigenvalue weighted by molar-refractivity contribution is 6.36. The lowest BCUT2D eigenvalue weighted by Gasteiger charge is -2.05. The van der Waals surface area contributed by atoms with Crippen molar-refractivity contribution in [3.05, 3.63) is 66.6 Å². The number of allylic oxidation sites excluding steroid dienone is 3. The van der Waals surface area contributed by atoms with Crippen LogP contribution in [0.5, 0.6) is 0 Å². The van der Waals surface area contributed by atoms with E-state index >= 15 is 0 Å². The van der Waals surface area contributed by atoms with Gasteiger partial charge < -0.3 is 9.84 Å². The molecule has 0 amide bonds. The van der Waals surface area contributed by atoms with Crippen molar-refractivity contribution in [2.75, 3.05) is 6.61 Å². The molecular formula is C17H16N2O3. The largest absolute Gasteiger partial charge is 0.497 e. The van der Waals surface area contributed by atoms with Crippen LogP contribution in [0.4, 0.5) is 5.69 Å². The molecule has 1 aliphatic rings. The lowest BCUT2D eigenvalue weighted by molar-refractivity contribution is -0.129. The lowest BCUT2D eigenvalue weighted by atomic mass is 10.1. The number of nitrogens with zero attached hydrogens (tertiary/aromatic N) is 2. The molecule has 0 saturated heterocycles. The van der Waals surface area contributed by atoms with Gasteiger partial charge in [0.2, 0.25) is 0 Å². The van der Waals surface area contributed by atoms with Crippen molar-refractivity contribution in [3.63, 3.8) is 0 Å². The Hall–Kier alpha value is -2.95. The van der Waals surface area contributed by atoms with Crippen molar-refractivity contribution in [2.45, 2.75) is 6.42 Å². The minimum Gasteiger partial charge on any atom is -0.497 e. The first kappa shape index (κ1) is 15.4. The van der Waals surface area contributed by atoms with E-state index in [0.717, 1.165) is 11.3 Å². The summed E-state index contributed by atoms with van der Waals surface area (Å²) in [6.07, 6.45) is 11.7. The smallest absolute Gasteiger partial charge is 0.350 e. The second kappa shape index (κ2) is 8.36.